The van der Waals surface area contributed by atoms with Gasteiger partial charge in [0.25, 0.3) is 0 Å². The van der Waals surface area contributed by atoms with Crippen LogP contribution in [0.25, 0.3) is 0 Å². The highest BCUT2D eigenvalue weighted by molar-refractivity contribution is 6.01. The van der Waals surface area contributed by atoms with E-state index in [1.54, 1.807) is 30.0 Å². The summed E-state index contributed by atoms with van der Waals surface area (Å²) in [6.07, 6.45) is 0.105. The highest BCUT2D eigenvalue weighted by Crippen LogP contribution is 2.35. The SMILES string of the molecule is CC(NC(=O)C1CC(=O)N(c2ccc3c(c2)OCCO3)C1)C(=O)NC(C)(C)C. The van der Waals surface area contributed by atoms with Gasteiger partial charge < -0.3 is 25.0 Å². The predicted octanol–water partition coefficient (Wildman–Crippen LogP) is 1.23. The number of nitrogens with zero attached hydrogens (tertiary/aromatic N) is 1. The number of hydrogen-bond donors (Lipinski definition) is 2. The summed E-state index contributed by atoms with van der Waals surface area (Å²) in [5.74, 6) is 0.0413. The van der Waals surface area contributed by atoms with Crippen molar-refractivity contribution in [3.63, 3.8) is 0 Å². The molecule has 0 radical (unpaired) electrons. The van der Waals surface area contributed by atoms with E-state index in [0.717, 1.165) is 0 Å². The molecule has 1 saturated heterocycles. The fourth-order valence-corrected chi connectivity index (χ4v) is 3.21. The molecule has 1 aromatic rings. The third-order valence-corrected chi connectivity index (χ3v) is 4.58. The van der Waals surface area contributed by atoms with Crippen molar-refractivity contribution in [2.45, 2.75) is 45.7 Å². The quantitative estimate of drug-likeness (QED) is 0.807. The Morgan fingerprint density at radius 3 is 2.54 bits per heavy atom. The maximum absolute atomic E-state index is 12.6. The molecule has 2 aliphatic rings. The van der Waals surface area contributed by atoms with Crippen molar-refractivity contribution in [3.8, 4) is 11.5 Å². The highest BCUT2D eigenvalue weighted by Gasteiger charge is 2.36. The average molecular weight is 389 g/mol. The zero-order chi connectivity index (χ0) is 20.5. The first-order valence-electron chi connectivity index (χ1n) is 9.46. The molecule has 0 bridgehead atoms. The lowest BCUT2D eigenvalue weighted by Gasteiger charge is -2.24. The van der Waals surface area contributed by atoms with Gasteiger partial charge in [-0.05, 0) is 39.8 Å². The van der Waals surface area contributed by atoms with Crippen LogP contribution in [0.15, 0.2) is 18.2 Å². The van der Waals surface area contributed by atoms with Crippen molar-refractivity contribution in [2.75, 3.05) is 24.7 Å². The number of nitrogens with one attached hydrogen (secondary N) is 2. The lowest BCUT2D eigenvalue weighted by molar-refractivity contribution is -0.131. The second-order valence-corrected chi connectivity index (χ2v) is 8.20. The molecule has 1 fully saturated rings. The third kappa shape index (κ3) is 4.55. The molecule has 1 aromatic carbocycles. The van der Waals surface area contributed by atoms with Crippen molar-refractivity contribution in [3.05, 3.63) is 18.2 Å². The van der Waals surface area contributed by atoms with Crippen molar-refractivity contribution < 1.29 is 23.9 Å². The Morgan fingerprint density at radius 1 is 1.18 bits per heavy atom. The summed E-state index contributed by atoms with van der Waals surface area (Å²) in [7, 11) is 0. The third-order valence-electron chi connectivity index (χ3n) is 4.58. The number of hydrogen-bond acceptors (Lipinski definition) is 5. The molecular weight excluding hydrogens is 362 g/mol. The molecule has 8 nitrogen and oxygen atoms in total. The van der Waals surface area contributed by atoms with Gasteiger partial charge >= 0.3 is 0 Å². The standard InChI is InChI=1S/C20H27N3O5/c1-12(18(25)22-20(2,3)4)21-19(26)13-9-17(24)23(11-13)14-5-6-15-16(10-14)28-8-7-27-15/h5-6,10,12-13H,7-9,11H2,1-4H3,(H,21,26)(H,22,25). The molecule has 0 aliphatic carbocycles. The van der Waals surface area contributed by atoms with E-state index in [9.17, 15) is 14.4 Å². The van der Waals surface area contributed by atoms with Gasteiger partial charge in [-0.1, -0.05) is 0 Å². The minimum atomic E-state index is -0.676. The fraction of sp³-hybridized carbons (Fsp3) is 0.550. The van der Waals surface area contributed by atoms with Crippen LogP contribution in [0.5, 0.6) is 11.5 Å². The lowest BCUT2D eigenvalue weighted by atomic mass is 10.1. The van der Waals surface area contributed by atoms with Crippen molar-refractivity contribution in [2.24, 2.45) is 5.92 Å². The van der Waals surface area contributed by atoms with E-state index in [1.165, 1.54) is 0 Å². The summed E-state index contributed by atoms with van der Waals surface area (Å²) in [4.78, 5) is 38.8. The normalized spacial score (nSPS) is 19.9. The fourth-order valence-electron chi connectivity index (χ4n) is 3.21. The van der Waals surface area contributed by atoms with E-state index in [0.29, 0.717) is 30.4 Å². The van der Waals surface area contributed by atoms with Crippen LogP contribution in [-0.2, 0) is 14.4 Å². The molecule has 8 heteroatoms. The molecule has 0 saturated carbocycles. The van der Waals surface area contributed by atoms with Gasteiger partial charge in [0.05, 0.1) is 5.92 Å². The van der Waals surface area contributed by atoms with Gasteiger partial charge in [-0.25, -0.2) is 0 Å². The highest BCUT2D eigenvalue weighted by atomic mass is 16.6. The van der Waals surface area contributed by atoms with E-state index in [-0.39, 0.29) is 36.2 Å². The minimum absolute atomic E-state index is 0.105. The lowest BCUT2D eigenvalue weighted by Crippen LogP contribution is -2.52. The Bertz CT molecular complexity index is 787. The topological polar surface area (TPSA) is 97.0 Å². The van der Waals surface area contributed by atoms with Crippen LogP contribution in [0.1, 0.15) is 34.1 Å². The molecule has 0 aromatic heterocycles. The second kappa shape index (κ2) is 7.69. The van der Waals surface area contributed by atoms with Crippen molar-refractivity contribution in [1.82, 2.24) is 10.6 Å². The molecule has 2 atom stereocenters. The van der Waals surface area contributed by atoms with E-state index in [2.05, 4.69) is 10.6 Å². The first-order chi connectivity index (χ1) is 13.1. The second-order valence-electron chi connectivity index (χ2n) is 8.20. The van der Waals surface area contributed by atoms with Crippen LogP contribution in [0, 0.1) is 5.92 Å². The molecule has 152 valence electrons. The van der Waals surface area contributed by atoms with Crippen LogP contribution in [0.3, 0.4) is 0 Å². The van der Waals surface area contributed by atoms with E-state index < -0.39 is 12.0 Å². The Kier molecular flexibility index (Phi) is 5.49. The average Bonchev–Trinajstić information content (AvgIpc) is 3.01. The van der Waals surface area contributed by atoms with Crippen LogP contribution < -0.4 is 25.0 Å². The van der Waals surface area contributed by atoms with Gasteiger partial charge in [-0.2, -0.15) is 0 Å². The predicted molar refractivity (Wildman–Crippen MR) is 103 cm³/mol. The van der Waals surface area contributed by atoms with Gasteiger partial charge in [0.2, 0.25) is 17.7 Å². The molecule has 2 aliphatic heterocycles. The van der Waals surface area contributed by atoms with Gasteiger partial charge in [0.1, 0.15) is 19.3 Å². The van der Waals surface area contributed by atoms with Crippen LogP contribution in [-0.4, -0.2) is 49.1 Å². The zero-order valence-electron chi connectivity index (χ0n) is 16.7. The van der Waals surface area contributed by atoms with Gasteiger partial charge in [0, 0.05) is 30.3 Å². The van der Waals surface area contributed by atoms with Crippen molar-refractivity contribution >= 4 is 23.4 Å². The first-order valence-corrected chi connectivity index (χ1v) is 9.46. The maximum atomic E-state index is 12.6. The van der Waals surface area contributed by atoms with E-state index in [1.807, 2.05) is 20.8 Å². The summed E-state index contributed by atoms with van der Waals surface area (Å²) in [5, 5.41) is 5.54. The summed E-state index contributed by atoms with van der Waals surface area (Å²) in [5.41, 5.74) is 0.289. The molecule has 2 unspecified atom stereocenters. The van der Waals surface area contributed by atoms with Crippen molar-refractivity contribution in [1.29, 1.82) is 0 Å². The smallest absolute Gasteiger partial charge is 0.242 e. The molecule has 3 rings (SSSR count). The first kappa shape index (κ1) is 20.0. The Hall–Kier alpha value is -2.77. The number of amides is 3. The Labute approximate surface area is 164 Å². The Balaban J connectivity index is 1.62. The molecular formula is C20H27N3O5. The summed E-state index contributed by atoms with van der Waals surface area (Å²) >= 11 is 0. The van der Waals surface area contributed by atoms with Gasteiger partial charge in [0.15, 0.2) is 11.5 Å². The maximum Gasteiger partial charge on any atom is 0.242 e. The number of anilines is 1. The van der Waals surface area contributed by atoms with Crippen LogP contribution in [0.4, 0.5) is 5.69 Å². The number of ether oxygens (including phenoxy) is 2. The largest absolute Gasteiger partial charge is 0.486 e. The van der Waals surface area contributed by atoms with Gasteiger partial charge in [-0.15, -0.1) is 0 Å². The molecule has 0 spiro atoms. The summed E-state index contributed by atoms with van der Waals surface area (Å²) < 4.78 is 11.1. The molecule has 28 heavy (non-hydrogen) atoms. The molecule has 2 heterocycles. The van der Waals surface area contributed by atoms with Gasteiger partial charge in [-0.3, -0.25) is 14.4 Å². The van der Waals surface area contributed by atoms with Crippen LogP contribution in [0.2, 0.25) is 0 Å². The minimum Gasteiger partial charge on any atom is -0.486 e. The summed E-state index contributed by atoms with van der Waals surface area (Å²) in [6, 6.07) is 4.63. The number of benzene rings is 1. The zero-order valence-corrected chi connectivity index (χ0v) is 16.7. The van der Waals surface area contributed by atoms with E-state index >= 15 is 0 Å². The number of fused-ring (bicyclic) bond motifs is 1. The van der Waals surface area contributed by atoms with Crippen LogP contribution >= 0.6 is 0 Å². The molecule has 2 N–H and O–H groups in total. The number of rotatable bonds is 4. The number of carbonyl (C=O) groups excluding carboxylic acids is 3. The Morgan fingerprint density at radius 2 is 1.86 bits per heavy atom. The van der Waals surface area contributed by atoms with E-state index in [4.69, 9.17) is 9.47 Å². The monoisotopic (exact) mass is 389 g/mol. The molecule has 3 amide bonds. The summed E-state index contributed by atoms with van der Waals surface area (Å²) in [6.45, 7) is 8.48. The number of carbonyl (C=O) groups is 3.